The molecule has 4 heterocycles. The first-order valence-electron chi connectivity index (χ1n) is 14.5. The Bertz CT molecular complexity index is 1710. The van der Waals surface area contributed by atoms with Gasteiger partial charge in [0.25, 0.3) is 5.91 Å². The van der Waals surface area contributed by atoms with Gasteiger partial charge in [-0.2, -0.15) is 35.8 Å². The van der Waals surface area contributed by atoms with E-state index in [2.05, 4.69) is 15.6 Å². The van der Waals surface area contributed by atoms with E-state index in [-0.39, 0.29) is 18.0 Å². The summed E-state index contributed by atoms with van der Waals surface area (Å²) in [4.78, 5) is 37.9. The van der Waals surface area contributed by atoms with Crippen LogP contribution in [-0.4, -0.2) is 98.3 Å². The third-order valence-electron chi connectivity index (χ3n) is 8.98. The molecule has 2 saturated heterocycles. The number of aryl methyl sites for hydroxylation is 3. The van der Waals surface area contributed by atoms with Crippen LogP contribution in [0.25, 0.3) is 0 Å². The number of aliphatic carboxylic acids is 1. The molecule has 0 bridgehead atoms. The Morgan fingerprint density at radius 1 is 1.04 bits per heavy atom. The number of carbonyl (C=O) groups is 3. The number of carboxylic acid groups (broad SMARTS) is 1. The van der Waals surface area contributed by atoms with Crippen molar-refractivity contribution in [1.82, 2.24) is 25.2 Å². The third kappa shape index (κ3) is 6.35. The van der Waals surface area contributed by atoms with Gasteiger partial charge in [-0.15, -0.1) is 0 Å². The van der Waals surface area contributed by atoms with Gasteiger partial charge in [-0.3, -0.25) is 19.6 Å². The molecule has 2 fully saturated rings. The van der Waals surface area contributed by atoms with Crippen LogP contribution in [0.15, 0.2) is 34.9 Å². The molecule has 48 heavy (non-hydrogen) atoms. The fourth-order valence-corrected chi connectivity index (χ4v) is 6.75. The van der Waals surface area contributed by atoms with Gasteiger partial charge in [-0.25, -0.2) is 4.79 Å². The summed E-state index contributed by atoms with van der Waals surface area (Å²) < 4.78 is 95.6. The summed E-state index contributed by atoms with van der Waals surface area (Å²) in [5.74, 6) is -5.09. The number of nitrogens with zero attached hydrogens (tertiary/aromatic N) is 4. The van der Waals surface area contributed by atoms with Crippen LogP contribution in [0.3, 0.4) is 0 Å². The van der Waals surface area contributed by atoms with Gasteiger partial charge in [0.2, 0.25) is 11.9 Å². The number of aromatic amines is 1. The molecule has 0 spiro atoms. The maximum absolute atomic E-state index is 15.0. The highest BCUT2D eigenvalue weighted by molar-refractivity contribution is 5.95. The summed E-state index contributed by atoms with van der Waals surface area (Å²) in [5.41, 5.74) is -1.54. The summed E-state index contributed by atoms with van der Waals surface area (Å²) in [6.07, 6.45) is -7.11. The van der Waals surface area contributed by atoms with Gasteiger partial charge in [-0.05, 0) is 49.4 Å². The number of hydrogen-bond donors (Lipinski definition) is 4. The molecule has 260 valence electrons. The van der Waals surface area contributed by atoms with Crippen LogP contribution in [0.2, 0.25) is 0 Å². The fraction of sp³-hybridized carbons (Fsp3) is 0.483. The van der Waals surface area contributed by atoms with Crippen LogP contribution in [0, 0.1) is 23.7 Å². The van der Waals surface area contributed by atoms with E-state index >= 15 is 13.2 Å². The van der Waals surface area contributed by atoms with Crippen LogP contribution < -0.4 is 5.32 Å². The average Bonchev–Trinajstić information content (AvgIpc) is 3.81. The van der Waals surface area contributed by atoms with E-state index in [4.69, 9.17) is 14.4 Å². The first kappa shape index (κ1) is 34.8. The van der Waals surface area contributed by atoms with Crippen molar-refractivity contribution >= 4 is 23.5 Å². The lowest BCUT2D eigenvalue weighted by Gasteiger charge is -2.38. The highest BCUT2D eigenvalue weighted by Gasteiger charge is 2.75. The molecule has 0 radical (unpaired) electrons. The lowest BCUT2D eigenvalue weighted by molar-refractivity contribution is -0.242. The predicted octanol–water partition coefficient (Wildman–Crippen LogP) is 3.65. The molecule has 0 saturated carbocycles. The van der Waals surface area contributed by atoms with Crippen LogP contribution in [0.4, 0.5) is 36.4 Å². The molecule has 3 aliphatic rings. The van der Waals surface area contributed by atoms with Gasteiger partial charge >= 0.3 is 18.3 Å². The lowest BCUT2D eigenvalue weighted by atomic mass is 9.68. The molecule has 3 unspecified atom stereocenters. The molecule has 2 aromatic heterocycles. The van der Waals surface area contributed by atoms with E-state index in [0.29, 0.717) is 11.4 Å². The number of amides is 2. The standard InChI is InChI=1S/C27H28F4N6O4.C2HF3O2/c1-15-7-20(41-35-15)22(23(39)32-18-6-5-16-3-2-4-17(16)8-18)36-10-25(14-38)11-37(13-26(25,12-36)27(29,30)31)24(40)19-9-21(28)34-33-19;3-2(4,5)1(6)7/h5-9,22,38H,2-4,10-14H2,1H3,(H,32,39)(H,33,34);(H,6,7). The van der Waals surface area contributed by atoms with E-state index in [0.717, 1.165) is 35.8 Å². The SMILES string of the molecule is Cc1cc(C(C(=O)Nc2ccc3c(c2)CCC3)N2CC3(CO)CN(C(=O)c4cc(F)[nH]n4)CC3(C(F)(F)F)C2)on1.O=C(O)C(F)(F)F. The lowest BCUT2D eigenvalue weighted by Crippen LogP contribution is -2.52. The van der Waals surface area contributed by atoms with Crippen LogP contribution >= 0.6 is 0 Å². The first-order valence-corrected chi connectivity index (χ1v) is 14.5. The van der Waals surface area contributed by atoms with Crippen LogP contribution in [0.5, 0.6) is 0 Å². The molecule has 3 aromatic rings. The summed E-state index contributed by atoms with van der Waals surface area (Å²) in [6.45, 7) is -1.61. The molecule has 2 aliphatic heterocycles. The minimum absolute atomic E-state index is 0.0616. The van der Waals surface area contributed by atoms with E-state index < -0.39 is 79.2 Å². The zero-order chi connectivity index (χ0) is 35.2. The van der Waals surface area contributed by atoms with Crippen molar-refractivity contribution in [3.63, 3.8) is 0 Å². The number of anilines is 1. The predicted molar refractivity (Wildman–Crippen MR) is 149 cm³/mol. The van der Waals surface area contributed by atoms with Gasteiger partial charge in [0.15, 0.2) is 17.5 Å². The number of carboxylic acids is 1. The van der Waals surface area contributed by atoms with Gasteiger partial charge < -0.3 is 25.0 Å². The number of aliphatic hydroxyl groups excluding tert-OH is 1. The van der Waals surface area contributed by atoms with Crippen LogP contribution in [-0.2, 0) is 22.4 Å². The number of nitrogens with one attached hydrogen (secondary N) is 2. The molecule has 2 amide bonds. The number of hydrogen-bond acceptors (Lipinski definition) is 8. The van der Waals surface area contributed by atoms with Gasteiger partial charge in [0, 0.05) is 49.4 Å². The topological polar surface area (TPSA) is 165 Å². The molecule has 3 atom stereocenters. The molecule has 6 rings (SSSR count). The summed E-state index contributed by atoms with van der Waals surface area (Å²) in [5, 5.41) is 29.8. The second kappa shape index (κ2) is 12.5. The molecular formula is C29H29F7N6O6. The van der Waals surface area contributed by atoms with Crippen molar-refractivity contribution in [2.45, 2.75) is 44.6 Å². The molecule has 19 heteroatoms. The Kier molecular flexibility index (Phi) is 9.06. The Hall–Kier alpha value is -4.52. The number of aliphatic hydroxyl groups is 1. The third-order valence-corrected chi connectivity index (χ3v) is 8.98. The molecule has 1 aliphatic carbocycles. The summed E-state index contributed by atoms with van der Waals surface area (Å²) >= 11 is 0. The molecule has 1 aromatic carbocycles. The quantitative estimate of drug-likeness (QED) is 0.283. The highest BCUT2D eigenvalue weighted by Crippen LogP contribution is 2.61. The van der Waals surface area contributed by atoms with Gasteiger partial charge in [0.1, 0.15) is 5.41 Å². The number of aromatic nitrogens is 3. The Labute approximate surface area is 266 Å². The van der Waals surface area contributed by atoms with Crippen molar-refractivity contribution in [1.29, 1.82) is 0 Å². The number of H-pyrrole nitrogens is 1. The van der Waals surface area contributed by atoms with Gasteiger partial charge in [-0.1, -0.05) is 11.2 Å². The van der Waals surface area contributed by atoms with E-state index in [9.17, 15) is 32.3 Å². The Morgan fingerprint density at radius 3 is 2.27 bits per heavy atom. The number of alkyl halides is 6. The van der Waals surface area contributed by atoms with Crippen molar-refractivity contribution in [3.05, 3.63) is 64.6 Å². The normalized spacial score (nSPS) is 22.9. The van der Waals surface area contributed by atoms with Crippen molar-refractivity contribution in [3.8, 4) is 0 Å². The average molecular weight is 691 g/mol. The second-order valence-electron chi connectivity index (χ2n) is 12.1. The molecular weight excluding hydrogens is 661 g/mol. The Morgan fingerprint density at radius 2 is 1.73 bits per heavy atom. The van der Waals surface area contributed by atoms with E-state index in [1.54, 1.807) is 13.0 Å². The number of benzene rings is 1. The van der Waals surface area contributed by atoms with E-state index in [1.165, 1.54) is 16.5 Å². The highest BCUT2D eigenvalue weighted by atomic mass is 19.4. The van der Waals surface area contributed by atoms with Crippen LogP contribution in [0.1, 0.15) is 45.5 Å². The number of fused-ring (bicyclic) bond motifs is 2. The maximum atomic E-state index is 15.0. The summed E-state index contributed by atoms with van der Waals surface area (Å²) in [6, 6.07) is 6.58. The monoisotopic (exact) mass is 690 g/mol. The largest absolute Gasteiger partial charge is 0.490 e. The van der Waals surface area contributed by atoms with Crippen molar-refractivity contribution in [2.75, 3.05) is 38.1 Å². The van der Waals surface area contributed by atoms with Crippen molar-refractivity contribution < 1.29 is 59.9 Å². The summed E-state index contributed by atoms with van der Waals surface area (Å²) in [7, 11) is 0. The number of rotatable bonds is 6. The minimum atomic E-state index is -5.08. The number of likely N-dealkylation sites (tertiary alicyclic amines) is 2. The first-order chi connectivity index (χ1) is 22.4. The molecule has 12 nitrogen and oxygen atoms in total. The molecule has 4 N–H and O–H groups in total. The zero-order valence-corrected chi connectivity index (χ0v) is 25.1. The van der Waals surface area contributed by atoms with Gasteiger partial charge in [0.05, 0.1) is 12.3 Å². The minimum Gasteiger partial charge on any atom is -0.475 e. The second-order valence-corrected chi connectivity index (χ2v) is 12.1. The maximum Gasteiger partial charge on any atom is 0.490 e. The van der Waals surface area contributed by atoms with Crippen molar-refractivity contribution in [2.24, 2.45) is 10.8 Å². The smallest absolute Gasteiger partial charge is 0.475 e. The number of carbonyl (C=O) groups excluding carboxylic acids is 2. The Balaban J connectivity index is 0.000000582. The number of halogens is 7. The zero-order valence-electron chi connectivity index (χ0n) is 25.1. The fourth-order valence-electron chi connectivity index (χ4n) is 6.75. The van der Waals surface area contributed by atoms with E-state index in [1.807, 2.05) is 17.2 Å².